The van der Waals surface area contributed by atoms with Crippen LogP contribution in [0.4, 0.5) is 0 Å². The summed E-state index contributed by atoms with van der Waals surface area (Å²) in [6.45, 7) is -0.186. The third-order valence-electron chi connectivity index (χ3n) is 3.01. The third-order valence-corrected chi connectivity index (χ3v) is 3.01. The highest BCUT2D eigenvalue weighted by molar-refractivity contribution is 5.83. The van der Waals surface area contributed by atoms with E-state index in [2.05, 4.69) is 6.07 Å². The Hall–Kier alpha value is -3.00. The van der Waals surface area contributed by atoms with E-state index in [1.54, 1.807) is 6.20 Å². The standard InChI is InChI=1S/C15H10N2O3/c16-6-11-7-17(9-15(18)19)8-12(11)14-5-10-3-1-2-4-13(10)20-14/h1-5,7-8H,9H2,(H,18,19). The first-order chi connectivity index (χ1) is 9.67. The summed E-state index contributed by atoms with van der Waals surface area (Å²) in [4.78, 5) is 10.7. The van der Waals surface area contributed by atoms with Gasteiger partial charge in [-0.25, -0.2) is 0 Å². The number of aliphatic carboxylic acids is 1. The molecule has 0 aliphatic rings. The lowest BCUT2D eigenvalue weighted by molar-refractivity contribution is -0.137. The molecule has 0 aliphatic carbocycles. The molecule has 0 fully saturated rings. The Bertz CT molecular complexity index is 803. The van der Waals surface area contributed by atoms with E-state index < -0.39 is 5.97 Å². The SMILES string of the molecule is N#Cc1cn(CC(=O)O)cc1-c1cc2ccccc2o1. The number of carboxylic acids is 1. The zero-order valence-corrected chi connectivity index (χ0v) is 10.4. The number of nitrogens with zero attached hydrogens (tertiary/aromatic N) is 2. The van der Waals surface area contributed by atoms with E-state index >= 15 is 0 Å². The average molecular weight is 266 g/mol. The van der Waals surface area contributed by atoms with Gasteiger partial charge >= 0.3 is 5.97 Å². The molecule has 2 aromatic heterocycles. The molecule has 0 bridgehead atoms. The van der Waals surface area contributed by atoms with Crippen molar-refractivity contribution in [3.05, 3.63) is 48.3 Å². The predicted molar refractivity (Wildman–Crippen MR) is 72.0 cm³/mol. The molecule has 3 aromatic rings. The van der Waals surface area contributed by atoms with Crippen LogP contribution < -0.4 is 0 Å². The monoisotopic (exact) mass is 266 g/mol. The Labute approximate surface area is 114 Å². The molecule has 0 spiro atoms. The van der Waals surface area contributed by atoms with Crippen LogP contribution in [0.1, 0.15) is 5.56 Å². The molecule has 0 amide bonds. The number of furan rings is 1. The number of aromatic nitrogens is 1. The smallest absolute Gasteiger partial charge is 0.323 e. The van der Waals surface area contributed by atoms with E-state index in [0.29, 0.717) is 16.9 Å². The highest BCUT2D eigenvalue weighted by Crippen LogP contribution is 2.30. The second-order valence-electron chi connectivity index (χ2n) is 4.41. The zero-order valence-electron chi connectivity index (χ0n) is 10.4. The fourth-order valence-corrected chi connectivity index (χ4v) is 2.16. The minimum atomic E-state index is -0.958. The number of nitriles is 1. The third kappa shape index (κ3) is 2.04. The number of hydrogen-bond acceptors (Lipinski definition) is 3. The molecule has 0 saturated carbocycles. The summed E-state index contributed by atoms with van der Waals surface area (Å²) >= 11 is 0. The maximum Gasteiger partial charge on any atom is 0.323 e. The molecule has 5 nitrogen and oxygen atoms in total. The molecule has 1 N–H and O–H groups in total. The van der Waals surface area contributed by atoms with Crippen LogP contribution in [0.3, 0.4) is 0 Å². The number of para-hydroxylation sites is 1. The van der Waals surface area contributed by atoms with Gasteiger partial charge < -0.3 is 14.1 Å². The second-order valence-corrected chi connectivity index (χ2v) is 4.41. The Morgan fingerprint density at radius 1 is 1.35 bits per heavy atom. The van der Waals surface area contributed by atoms with Crippen LogP contribution in [0.15, 0.2) is 47.1 Å². The Balaban J connectivity index is 2.10. The highest BCUT2D eigenvalue weighted by atomic mass is 16.4. The normalized spacial score (nSPS) is 10.6. The second kappa shape index (κ2) is 4.59. The van der Waals surface area contributed by atoms with Crippen LogP contribution in [0.2, 0.25) is 0 Å². The number of carbonyl (C=O) groups is 1. The average Bonchev–Trinajstić information content (AvgIpc) is 3.00. The summed E-state index contributed by atoms with van der Waals surface area (Å²) in [7, 11) is 0. The molecule has 98 valence electrons. The van der Waals surface area contributed by atoms with Crippen molar-refractivity contribution in [1.29, 1.82) is 5.26 Å². The van der Waals surface area contributed by atoms with E-state index in [1.807, 2.05) is 30.3 Å². The van der Waals surface area contributed by atoms with Gasteiger partial charge in [0.05, 0.1) is 11.1 Å². The largest absolute Gasteiger partial charge is 0.480 e. The fourth-order valence-electron chi connectivity index (χ4n) is 2.16. The zero-order chi connectivity index (χ0) is 14.1. The van der Waals surface area contributed by atoms with Crippen LogP contribution >= 0.6 is 0 Å². The van der Waals surface area contributed by atoms with Crippen molar-refractivity contribution < 1.29 is 14.3 Å². The van der Waals surface area contributed by atoms with E-state index in [0.717, 1.165) is 11.0 Å². The van der Waals surface area contributed by atoms with Gasteiger partial charge in [-0.05, 0) is 12.1 Å². The first-order valence-electron chi connectivity index (χ1n) is 5.98. The lowest BCUT2D eigenvalue weighted by Crippen LogP contribution is -2.06. The van der Waals surface area contributed by atoms with Gasteiger partial charge in [-0.3, -0.25) is 4.79 Å². The molecule has 1 aromatic carbocycles. The summed E-state index contributed by atoms with van der Waals surface area (Å²) in [5, 5.41) is 18.9. The minimum Gasteiger partial charge on any atom is -0.480 e. The number of fused-ring (bicyclic) bond motifs is 1. The van der Waals surface area contributed by atoms with Crippen molar-refractivity contribution in [3.63, 3.8) is 0 Å². The van der Waals surface area contributed by atoms with Crippen molar-refractivity contribution in [1.82, 2.24) is 4.57 Å². The molecular weight excluding hydrogens is 256 g/mol. The van der Waals surface area contributed by atoms with Gasteiger partial charge in [0, 0.05) is 17.8 Å². The van der Waals surface area contributed by atoms with Crippen LogP contribution in [-0.2, 0) is 11.3 Å². The minimum absolute atomic E-state index is 0.186. The number of carboxylic acid groups (broad SMARTS) is 1. The summed E-state index contributed by atoms with van der Waals surface area (Å²) < 4.78 is 7.16. The highest BCUT2D eigenvalue weighted by Gasteiger charge is 2.14. The predicted octanol–water partition coefficient (Wildman–Crippen LogP) is 2.86. The van der Waals surface area contributed by atoms with Gasteiger partial charge in [0.15, 0.2) is 0 Å². The number of hydrogen-bond donors (Lipinski definition) is 1. The lowest BCUT2D eigenvalue weighted by Gasteiger charge is -1.94. The Morgan fingerprint density at radius 2 is 2.15 bits per heavy atom. The molecule has 0 aliphatic heterocycles. The molecule has 0 radical (unpaired) electrons. The first-order valence-corrected chi connectivity index (χ1v) is 5.98. The molecule has 3 rings (SSSR count). The maximum atomic E-state index is 10.7. The van der Waals surface area contributed by atoms with Crippen molar-refractivity contribution in [2.45, 2.75) is 6.54 Å². The molecule has 5 heteroatoms. The summed E-state index contributed by atoms with van der Waals surface area (Å²) in [5.41, 5.74) is 1.73. The van der Waals surface area contributed by atoms with E-state index in [1.165, 1.54) is 10.8 Å². The van der Waals surface area contributed by atoms with E-state index in [9.17, 15) is 4.79 Å². The molecule has 20 heavy (non-hydrogen) atoms. The van der Waals surface area contributed by atoms with Gasteiger partial charge in [-0.15, -0.1) is 0 Å². The fraction of sp³-hybridized carbons (Fsp3) is 0.0667. The molecule has 0 atom stereocenters. The molecule has 2 heterocycles. The maximum absolute atomic E-state index is 10.7. The number of rotatable bonds is 3. The first kappa shape index (κ1) is 12.1. The van der Waals surface area contributed by atoms with Crippen molar-refractivity contribution >= 4 is 16.9 Å². The Kier molecular flexibility index (Phi) is 2.77. The lowest BCUT2D eigenvalue weighted by atomic mass is 10.1. The Morgan fingerprint density at radius 3 is 2.85 bits per heavy atom. The van der Waals surface area contributed by atoms with Crippen LogP contribution in [0.25, 0.3) is 22.3 Å². The quantitative estimate of drug-likeness (QED) is 0.790. The van der Waals surface area contributed by atoms with Gasteiger partial charge in [-0.1, -0.05) is 18.2 Å². The summed E-state index contributed by atoms with van der Waals surface area (Å²) in [5.74, 6) is -0.396. The topological polar surface area (TPSA) is 79.2 Å². The summed E-state index contributed by atoms with van der Waals surface area (Å²) in [6.07, 6.45) is 3.13. The van der Waals surface area contributed by atoms with Crippen molar-refractivity contribution in [3.8, 4) is 17.4 Å². The molecule has 0 saturated heterocycles. The van der Waals surface area contributed by atoms with Gasteiger partial charge in [0.2, 0.25) is 0 Å². The van der Waals surface area contributed by atoms with Crippen LogP contribution in [0, 0.1) is 11.3 Å². The van der Waals surface area contributed by atoms with Gasteiger partial charge in [-0.2, -0.15) is 5.26 Å². The van der Waals surface area contributed by atoms with E-state index in [4.69, 9.17) is 14.8 Å². The number of benzene rings is 1. The van der Waals surface area contributed by atoms with E-state index in [-0.39, 0.29) is 6.54 Å². The van der Waals surface area contributed by atoms with Gasteiger partial charge in [0.1, 0.15) is 24.0 Å². The van der Waals surface area contributed by atoms with Crippen LogP contribution in [-0.4, -0.2) is 15.6 Å². The van der Waals surface area contributed by atoms with Crippen molar-refractivity contribution in [2.24, 2.45) is 0 Å². The molecular formula is C15H10N2O3. The molecule has 0 unspecified atom stereocenters. The van der Waals surface area contributed by atoms with Crippen molar-refractivity contribution in [2.75, 3.05) is 0 Å². The summed E-state index contributed by atoms with van der Waals surface area (Å²) in [6, 6.07) is 11.4. The van der Waals surface area contributed by atoms with Crippen LogP contribution in [0.5, 0.6) is 0 Å². The van der Waals surface area contributed by atoms with Gasteiger partial charge in [0.25, 0.3) is 0 Å².